The van der Waals surface area contributed by atoms with E-state index in [4.69, 9.17) is 0 Å². The van der Waals surface area contributed by atoms with Crippen molar-refractivity contribution >= 4 is 37.3 Å². The molecule has 2 N–H and O–H groups in total. The van der Waals surface area contributed by atoms with Crippen LogP contribution in [-0.2, 0) is 30.4 Å². The van der Waals surface area contributed by atoms with Crippen LogP contribution in [0.25, 0.3) is 0 Å². The maximum Gasteiger partial charge on any atom is 0.286 e. The van der Waals surface area contributed by atoms with E-state index < -0.39 is 19.9 Å². The van der Waals surface area contributed by atoms with E-state index in [2.05, 4.69) is 9.71 Å². The van der Waals surface area contributed by atoms with Crippen molar-refractivity contribution in [3.8, 4) is 0 Å². The Hall–Kier alpha value is -2.40. The lowest BCUT2D eigenvalue weighted by Crippen LogP contribution is -2.57. The first kappa shape index (κ1) is 23.0. The normalized spacial score (nSPS) is 31.9. The Balaban J connectivity index is 1.43. The zero-order valence-corrected chi connectivity index (χ0v) is 21.1. The molecule has 0 aromatic heterocycles. The molecule has 0 saturated heterocycles. The smallest absolute Gasteiger partial charge is 0.286 e. The van der Waals surface area contributed by atoms with Crippen LogP contribution in [0.1, 0.15) is 50.5 Å². The number of nitrogens with zero attached hydrogens (tertiary/aromatic N) is 2. The Bertz CT molecular complexity index is 1390. The second-order valence-electron chi connectivity index (χ2n) is 10.7. The number of hydrogen-bond acceptors (Lipinski definition) is 7. The van der Waals surface area contributed by atoms with Crippen LogP contribution in [0.5, 0.6) is 0 Å². The van der Waals surface area contributed by atoms with Crippen molar-refractivity contribution in [2.45, 2.75) is 67.7 Å². The molecule has 2 unspecified atom stereocenters. The summed E-state index contributed by atoms with van der Waals surface area (Å²) in [6.07, 6.45) is 8.08. The van der Waals surface area contributed by atoms with Crippen LogP contribution >= 0.6 is 0 Å². The van der Waals surface area contributed by atoms with Gasteiger partial charge >= 0.3 is 0 Å². The molecule has 1 aromatic carbocycles. The zero-order valence-electron chi connectivity index (χ0n) is 19.5. The number of carbonyl (C=O) groups is 1. The molecule has 3 aliphatic carbocycles. The second kappa shape index (κ2) is 7.80. The third-order valence-corrected chi connectivity index (χ3v) is 10.6. The molecule has 6 rings (SSSR count). The van der Waals surface area contributed by atoms with Gasteiger partial charge in [-0.25, -0.2) is 8.42 Å². The largest absolute Gasteiger partial charge is 0.511 e. The molecular formula is C24H29N3O6S2. The van der Waals surface area contributed by atoms with Crippen molar-refractivity contribution in [1.29, 1.82) is 0 Å². The maximum atomic E-state index is 13.9. The summed E-state index contributed by atoms with van der Waals surface area (Å²) < 4.78 is 53.6. The van der Waals surface area contributed by atoms with Crippen LogP contribution in [0.4, 0.5) is 5.69 Å². The number of benzene rings is 1. The molecule has 35 heavy (non-hydrogen) atoms. The summed E-state index contributed by atoms with van der Waals surface area (Å²) in [7, 11) is -7.57. The third-order valence-electron chi connectivity index (χ3n) is 8.39. The van der Waals surface area contributed by atoms with E-state index in [0.29, 0.717) is 11.5 Å². The summed E-state index contributed by atoms with van der Waals surface area (Å²) in [5, 5.41) is 14.3. The average molecular weight is 520 g/mol. The van der Waals surface area contributed by atoms with Gasteiger partial charge in [-0.1, -0.05) is 18.9 Å². The monoisotopic (exact) mass is 519 g/mol. The number of amides is 1. The number of aliphatic hydroxyl groups is 1. The number of sulfone groups is 1. The van der Waals surface area contributed by atoms with Crippen molar-refractivity contribution in [3.63, 3.8) is 0 Å². The molecular weight excluding hydrogens is 490 g/mol. The SMILES string of the molecule is CS(=O)(=O)Cc1ccc2c(c1)S(=O)(=O)N=C(C1=C(O)C3C([C@@H]4CC[C@H]3C4)N(C3CCCC3)C1=O)N2. The van der Waals surface area contributed by atoms with Crippen LogP contribution in [0, 0.1) is 17.8 Å². The van der Waals surface area contributed by atoms with Gasteiger partial charge in [0.2, 0.25) is 0 Å². The van der Waals surface area contributed by atoms with Gasteiger partial charge in [0.1, 0.15) is 16.2 Å². The lowest BCUT2D eigenvalue weighted by atomic mass is 9.77. The summed E-state index contributed by atoms with van der Waals surface area (Å²) in [6, 6.07) is 4.40. The van der Waals surface area contributed by atoms with E-state index in [1.54, 1.807) is 6.07 Å². The van der Waals surface area contributed by atoms with Crippen molar-refractivity contribution in [2.24, 2.45) is 22.2 Å². The summed E-state index contributed by atoms with van der Waals surface area (Å²) in [5.74, 6) is -0.366. The van der Waals surface area contributed by atoms with E-state index >= 15 is 0 Å². The second-order valence-corrected chi connectivity index (χ2v) is 14.4. The number of anilines is 1. The minimum absolute atomic E-state index is 0.0280. The van der Waals surface area contributed by atoms with Crippen molar-refractivity contribution in [1.82, 2.24) is 4.90 Å². The number of sulfonamides is 1. The summed E-state index contributed by atoms with van der Waals surface area (Å²) >= 11 is 0. The van der Waals surface area contributed by atoms with Gasteiger partial charge in [-0.05, 0) is 61.6 Å². The lowest BCUT2D eigenvalue weighted by Gasteiger charge is -2.46. The first-order chi connectivity index (χ1) is 16.5. The molecule has 4 atom stereocenters. The van der Waals surface area contributed by atoms with Gasteiger partial charge in [0.15, 0.2) is 15.7 Å². The molecule has 11 heteroatoms. The minimum Gasteiger partial charge on any atom is -0.511 e. The first-order valence-corrected chi connectivity index (χ1v) is 15.7. The van der Waals surface area contributed by atoms with Crippen molar-refractivity contribution in [3.05, 3.63) is 35.1 Å². The number of aliphatic hydroxyl groups excluding tert-OH is 1. The highest BCUT2D eigenvalue weighted by molar-refractivity contribution is 7.90. The average Bonchev–Trinajstić information content (AvgIpc) is 3.51. The maximum absolute atomic E-state index is 13.9. The van der Waals surface area contributed by atoms with Crippen molar-refractivity contribution < 1.29 is 26.7 Å². The van der Waals surface area contributed by atoms with Gasteiger partial charge in [0, 0.05) is 24.3 Å². The Kier molecular flexibility index (Phi) is 5.13. The first-order valence-electron chi connectivity index (χ1n) is 12.2. The lowest BCUT2D eigenvalue weighted by molar-refractivity contribution is -0.136. The van der Waals surface area contributed by atoms with E-state index in [0.717, 1.165) is 51.2 Å². The van der Waals surface area contributed by atoms with Gasteiger partial charge in [-0.3, -0.25) is 4.79 Å². The minimum atomic E-state index is -4.22. The molecule has 188 valence electrons. The molecule has 0 radical (unpaired) electrons. The number of rotatable bonds is 4. The number of carbonyl (C=O) groups excluding carboxylic acids is 1. The fourth-order valence-corrected chi connectivity index (χ4v) is 9.06. The highest BCUT2D eigenvalue weighted by Gasteiger charge is 2.58. The highest BCUT2D eigenvalue weighted by atomic mass is 32.2. The van der Waals surface area contributed by atoms with E-state index in [-0.39, 0.29) is 63.3 Å². The van der Waals surface area contributed by atoms with E-state index in [9.17, 15) is 26.7 Å². The number of nitrogens with one attached hydrogen (secondary N) is 1. The van der Waals surface area contributed by atoms with Crippen LogP contribution in [0.15, 0.2) is 38.8 Å². The molecule has 3 fully saturated rings. The standard InChI is InChI=1S/C24H29N3O6S2/c1-34(30,31)12-13-6-9-17-18(10-13)35(32,33)26-23(25-17)20-22(28)19-14-7-8-15(11-14)21(19)27(24(20)29)16-4-2-3-5-16/h6,9-10,14-16,19,21,28H,2-5,7-8,11-12H2,1H3,(H,25,26)/t14-,15+,19?,21?/m0/s1. The molecule has 5 aliphatic rings. The predicted molar refractivity (Wildman–Crippen MR) is 130 cm³/mol. The van der Waals surface area contributed by atoms with Gasteiger partial charge in [-0.15, -0.1) is 4.40 Å². The van der Waals surface area contributed by atoms with Crippen LogP contribution in [0.2, 0.25) is 0 Å². The number of hydrogen-bond donors (Lipinski definition) is 2. The van der Waals surface area contributed by atoms with Gasteiger partial charge in [0.25, 0.3) is 15.9 Å². The van der Waals surface area contributed by atoms with Gasteiger partial charge in [0.05, 0.1) is 11.4 Å². The van der Waals surface area contributed by atoms with Crippen molar-refractivity contribution in [2.75, 3.05) is 11.6 Å². The summed E-state index contributed by atoms with van der Waals surface area (Å²) in [6.45, 7) is 0. The molecule has 3 saturated carbocycles. The Morgan fingerprint density at radius 1 is 1.14 bits per heavy atom. The number of amidine groups is 1. The molecule has 1 amide bonds. The molecule has 0 spiro atoms. The Labute approximate surface area is 205 Å². The van der Waals surface area contributed by atoms with Crippen LogP contribution in [0.3, 0.4) is 0 Å². The topological polar surface area (TPSA) is 133 Å². The Morgan fingerprint density at radius 2 is 1.86 bits per heavy atom. The van der Waals surface area contributed by atoms with Gasteiger partial charge < -0.3 is 15.3 Å². The van der Waals surface area contributed by atoms with Crippen LogP contribution < -0.4 is 5.32 Å². The Morgan fingerprint density at radius 3 is 2.57 bits per heavy atom. The van der Waals surface area contributed by atoms with Gasteiger partial charge in [-0.2, -0.15) is 8.42 Å². The summed E-state index contributed by atoms with van der Waals surface area (Å²) in [5.41, 5.74) is 0.506. The van der Waals surface area contributed by atoms with Crippen LogP contribution in [-0.4, -0.2) is 56.9 Å². The fraction of sp³-hybridized carbons (Fsp3) is 0.583. The highest BCUT2D eigenvalue weighted by Crippen LogP contribution is 2.56. The summed E-state index contributed by atoms with van der Waals surface area (Å²) in [4.78, 5) is 15.7. The molecule has 2 heterocycles. The van der Waals surface area contributed by atoms with E-state index in [1.807, 2.05) is 4.90 Å². The predicted octanol–water partition coefficient (Wildman–Crippen LogP) is 2.76. The number of fused-ring (bicyclic) bond motifs is 6. The molecule has 2 bridgehead atoms. The molecule has 2 aliphatic heterocycles. The quantitative estimate of drug-likeness (QED) is 0.625. The molecule has 9 nitrogen and oxygen atoms in total. The fourth-order valence-electron chi connectivity index (χ4n) is 7.11. The molecule has 1 aromatic rings. The zero-order chi connectivity index (χ0) is 24.7. The third kappa shape index (κ3) is 3.69. The van der Waals surface area contributed by atoms with E-state index in [1.165, 1.54) is 12.1 Å².